The lowest BCUT2D eigenvalue weighted by Gasteiger charge is -2.26. The number of nitrogens with zero attached hydrogens (tertiary/aromatic N) is 2. The first kappa shape index (κ1) is 9.96. The number of hydrogen-bond acceptors (Lipinski definition) is 3. The highest BCUT2D eigenvalue weighted by atomic mass is 15.2. The number of likely N-dealkylation sites (N-methyl/N-ethyl adjacent to an activating group) is 2. The average Bonchev–Trinajstić information content (AvgIpc) is 2.47. The van der Waals surface area contributed by atoms with Crippen molar-refractivity contribution in [3.8, 4) is 0 Å². The molecule has 0 spiro atoms. The van der Waals surface area contributed by atoms with Gasteiger partial charge in [-0.25, -0.2) is 0 Å². The molecule has 0 aromatic carbocycles. The molecule has 3 nitrogen and oxygen atoms in total. The third-order valence-electron chi connectivity index (χ3n) is 2.71. The van der Waals surface area contributed by atoms with Crippen LogP contribution in [-0.4, -0.2) is 55.6 Å². The van der Waals surface area contributed by atoms with E-state index in [-0.39, 0.29) is 0 Å². The summed E-state index contributed by atoms with van der Waals surface area (Å²) in [5, 5.41) is 0. The molecule has 12 heavy (non-hydrogen) atoms. The predicted molar refractivity (Wildman–Crippen MR) is 52.2 cm³/mol. The van der Waals surface area contributed by atoms with E-state index >= 15 is 0 Å². The highest BCUT2D eigenvalue weighted by Crippen LogP contribution is 2.12. The van der Waals surface area contributed by atoms with Gasteiger partial charge >= 0.3 is 0 Å². The van der Waals surface area contributed by atoms with E-state index in [9.17, 15) is 0 Å². The van der Waals surface area contributed by atoms with Crippen LogP contribution in [0.25, 0.3) is 0 Å². The Labute approximate surface area is 75.5 Å². The van der Waals surface area contributed by atoms with Crippen molar-refractivity contribution in [1.29, 1.82) is 0 Å². The van der Waals surface area contributed by atoms with Gasteiger partial charge in [0, 0.05) is 25.7 Å². The van der Waals surface area contributed by atoms with Crippen LogP contribution in [0.15, 0.2) is 0 Å². The molecule has 0 radical (unpaired) electrons. The van der Waals surface area contributed by atoms with Crippen molar-refractivity contribution in [2.24, 2.45) is 5.73 Å². The van der Waals surface area contributed by atoms with Gasteiger partial charge in [-0.05, 0) is 26.6 Å². The molecule has 1 fully saturated rings. The van der Waals surface area contributed by atoms with Gasteiger partial charge in [-0.1, -0.05) is 6.92 Å². The predicted octanol–water partition coefficient (Wildman–Crippen LogP) is -0.0289. The standard InChI is InChI=1S/C9H21N3/c1-3-12(7-5-10)9-4-6-11(2)8-9/h9H,3-8,10H2,1-2H3/t9-/m1/s1. The molecule has 1 aliphatic rings. The lowest BCUT2D eigenvalue weighted by Crippen LogP contribution is -2.40. The van der Waals surface area contributed by atoms with Gasteiger partial charge in [-0.2, -0.15) is 0 Å². The Bertz CT molecular complexity index is 125. The van der Waals surface area contributed by atoms with E-state index in [1.54, 1.807) is 0 Å². The molecule has 0 aromatic heterocycles. The van der Waals surface area contributed by atoms with E-state index in [1.807, 2.05) is 0 Å². The normalized spacial score (nSPS) is 25.5. The Morgan fingerprint density at radius 1 is 1.58 bits per heavy atom. The molecular weight excluding hydrogens is 150 g/mol. The van der Waals surface area contributed by atoms with Gasteiger partial charge in [0.15, 0.2) is 0 Å². The summed E-state index contributed by atoms with van der Waals surface area (Å²) in [7, 11) is 2.19. The van der Waals surface area contributed by atoms with Crippen LogP contribution in [0.3, 0.4) is 0 Å². The number of hydrogen-bond donors (Lipinski definition) is 1. The van der Waals surface area contributed by atoms with Gasteiger partial charge in [-0.15, -0.1) is 0 Å². The van der Waals surface area contributed by atoms with Crippen LogP contribution in [0.1, 0.15) is 13.3 Å². The molecule has 1 rings (SSSR count). The van der Waals surface area contributed by atoms with E-state index < -0.39 is 0 Å². The lowest BCUT2D eigenvalue weighted by molar-refractivity contribution is 0.213. The van der Waals surface area contributed by atoms with E-state index in [2.05, 4.69) is 23.8 Å². The Kier molecular flexibility index (Phi) is 3.98. The number of likely N-dealkylation sites (tertiary alicyclic amines) is 1. The van der Waals surface area contributed by atoms with Crippen molar-refractivity contribution >= 4 is 0 Å². The molecule has 3 heteroatoms. The summed E-state index contributed by atoms with van der Waals surface area (Å²) in [4.78, 5) is 4.88. The third kappa shape index (κ3) is 2.44. The fourth-order valence-corrected chi connectivity index (χ4v) is 1.97. The van der Waals surface area contributed by atoms with Crippen LogP contribution in [0.5, 0.6) is 0 Å². The second kappa shape index (κ2) is 4.80. The average molecular weight is 171 g/mol. The van der Waals surface area contributed by atoms with Gasteiger partial charge in [0.2, 0.25) is 0 Å². The van der Waals surface area contributed by atoms with Crippen LogP contribution in [-0.2, 0) is 0 Å². The highest BCUT2D eigenvalue weighted by Gasteiger charge is 2.23. The summed E-state index contributed by atoms with van der Waals surface area (Å²) in [6.45, 7) is 7.65. The van der Waals surface area contributed by atoms with Crippen molar-refractivity contribution in [2.75, 3.05) is 39.8 Å². The fourth-order valence-electron chi connectivity index (χ4n) is 1.97. The maximum Gasteiger partial charge on any atom is 0.0235 e. The molecule has 0 amide bonds. The van der Waals surface area contributed by atoms with Crippen molar-refractivity contribution in [2.45, 2.75) is 19.4 Å². The molecule has 72 valence electrons. The number of rotatable bonds is 4. The maximum absolute atomic E-state index is 5.55. The zero-order chi connectivity index (χ0) is 8.97. The fraction of sp³-hybridized carbons (Fsp3) is 1.00. The molecule has 1 saturated heterocycles. The first-order valence-electron chi connectivity index (χ1n) is 4.90. The minimum atomic E-state index is 0.753. The van der Waals surface area contributed by atoms with Crippen molar-refractivity contribution in [1.82, 2.24) is 9.80 Å². The largest absolute Gasteiger partial charge is 0.329 e. The van der Waals surface area contributed by atoms with Crippen LogP contribution in [0.2, 0.25) is 0 Å². The molecule has 0 unspecified atom stereocenters. The summed E-state index contributed by atoms with van der Waals surface area (Å²) in [6, 6.07) is 0.753. The quantitative estimate of drug-likeness (QED) is 0.645. The second-order valence-corrected chi connectivity index (χ2v) is 3.62. The van der Waals surface area contributed by atoms with E-state index in [0.717, 1.165) is 25.7 Å². The van der Waals surface area contributed by atoms with Crippen molar-refractivity contribution < 1.29 is 0 Å². The zero-order valence-corrected chi connectivity index (χ0v) is 8.29. The second-order valence-electron chi connectivity index (χ2n) is 3.62. The van der Waals surface area contributed by atoms with Crippen molar-refractivity contribution in [3.63, 3.8) is 0 Å². The van der Waals surface area contributed by atoms with Gasteiger partial charge in [0.1, 0.15) is 0 Å². The van der Waals surface area contributed by atoms with Crippen molar-refractivity contribution in [3.05, 3.63) is 0 Å². The minimum Gasteiger partial charge on any atom is -0.329 e. The Hall–Kier alpha value is -0.120. The van der Waals surface area contributed by atoms with E-state index in [0.29, 0.717) is 0 Å². The van der Waals surface area contributed by atoms with Crippen LogP contribution >= 0.6 is 0 Å². The summed E-state index contributed by atoms with van der Waals surface area (Å²) in [6.07, 6.45) is 1.31. The maximum atomic E-state index is 5.55. The smallest absolute Gasteiger partial charge is 0.0235 e. The molecule has 1 aliphatic heterocycles. The molecular formula is C9H21N3. The van der Waals surface area contributed by atoms with E-state index in [1.165, 1.54) is 19.5 Å². The van der Waals surface area contributed by atoms with Gasteiger partial charge in [0.25, 0.3) is 0 Å². The molecule has 0 saturated carbocycles. The van der Waals surface area contributed by atoms with Gasteiger partial charge in [0.05, 0.1) is 0 Å². The van der Waals surface area contributed by atoms with Crippen LogP contribution < -0.4 is 5.73 Å². The highest BCUT2D eigenvalue weighted by molar-refractivity contribution is 4.81. The van der Waals surface area contributed by atoms with Crippen LogP contribution in [0.4, 0.5) is 0 Å². The monoisotopic (exact) mass is 171 g/mol. The molecule has 1 heterocycles. The van der Waals surface area contributed by atoms with Gasteiger partial charge in [-0.3, -0.25) is 4.90 Å². The first-order valence-corrected chi connectivity index (χ1v) is 4.90. The minimum absolute atomic E-state index is 0.753. The molecule has 1 atom stereocenters. The molecule has 0 bridgehead atoms. The Morgan fingerprint density at radius 3 is 2.75 bits per heavy atom. The zero-order valence-electron chi connectivity index (χ0n) is 8.29. The Morgan fingerprint density at radius 2 is 2.33 bits per heavy atom. The van der Waals surface area contributed by atoms with Gasteiger partial charge < -0.3 is 10.6 Å². The third-order valence-corrected chi connectivity index (χ3v) is 2.71. The Balaban J connectivity index is 2.33. The molecule has 2 N–H and O–H groups in total. The summed E-state index contributed by atoms with van der Waals surface area (Å²) < 4.78 is 0. The van der Waals surface area contributed by atoms with Crippen LogP contribution in [0, 0.1) is 0 Å². The molecule has 0 aliphatic carbocycles. The summed E-state index contributed by atoms with van der Waals surface area (Å²) in [5.74, 6) is 0. The van der Waals surface area contributed by atoms with E-state index in [4.69, 9.17) is 5.73 Å². The SMILES string of the molecule is CCN(CCN)[C@@H]1CCN(C)C1. The topological polar surface area (TPSA) is 32.5 Å². The molecule has 0 aromatic rings. The first-order chi connectivity index (χ1) is 5.77. The summed E-state index contributed by atoms with van der Waals surface area (Å²) >= 11 is 0. The lowest BCUT2D eigenvalue weighted by atomic mass is 10.2. The summed E-state index contributed by atoms with van der Waals surface area (Å²) in [5.41, 5.74) is 5.55. The number of nitrogens with two attached hydrogens (primary N) is 1.